The van der Waals surface area contributed by atoms with Gasteiger partial charge in [-0.2, -0.15) is 0 Å². The van der Waals surface area contributed by atoms with E-state index >= 15 is 0 Å². The first-order valence-corrected chi connectivity index (χ1v) is 12.8. The molecular formula is C25H40Si. The van der Waals surface area contributed by atoms with Gasteiger partial charge >= 0.3 is 0 Å². The number of unbranched alkanes of at least 4 members (excludes halogenated alkanes) is 2. The van der Waals surface area contributed by atoms with Crippen LogP contribution in [0.5, 0.6) is 0 Å². The highest BCUT2D eigenvalue weighted by Gasteiger charge is 2.29. The largest absolute Gasteiger partial charge is 0.103 e. The van der Waals surface area contributed by atoms with E-state index in [-0.39, 0.29) is 0 Å². The summed E-state index contributed by atoms with van der Waals surface area (Å²) in [5.74, 6) is 0.707. The van der Waals surface area contributed by atoms with E-state index in [1.165, 1.54) is 48.4 Å². The smallest absolute Gasteiger partial charge is 0.0811 e. The summed E-state index contributed by atoms with van der Waals surface area (Å²) < 4.78 is 0. The van der Waals surface area contributed by atoms with Crippen LogP contribution in [0.4, 0.5) is 0 Å². The van der Waals surface area contributed by atoms with Gasteiger partial charge in [-0.1, -0.05) is 68.6 Å². The fraction of sp³-hybridized carbons (Fsp3) is 0.600. The summed E-state index contributed by atoms with van der Waals surface area (Å²) >= 11 is 0. The third-order valence-electron chi connectivity index (χ3n) is 7.03. The van der Waals surface area contributed by atoms with Crippen molar-refractivity contribution in [2.75, 3.05) is 0 Å². The van der Waals surface area contributed by atoms with Gasteiger partial charge in [0.05, 0.1) is 0 Å². The van der Waals surface area contributed by atoms with Crippen molar-refractivity contribution in [2.24, 2.45) is 5.92 Å². The van der Waals surface area contributed by atoms with Gasteiger partial charge in [-0.05, 0) is 86.8 Å². The summed E-state index contributed by atoms with van der Waals surface area (Å²) in [5.41, 5.74) is 9.44. The maximum absolute atomic E-state index is 2.59. The van der Waals surface area contributed by atoms with Crippen molar-refractivity contribution in [3.8, 4) is 0 Å². The van der Waals surface area contributed by atoms with Crippen LogP contribution in [0.1, 0.15) is 80.7 Å². The number of hydrogen-bond acceptors (Lipinski definition) is 0. The second-order valence-corrected chi connectivity index (χ2v) is 11.3. The molecular weight excluding hydrogens is 328 g/mol. The molecule has 26 heavy (non-hydrogen) atoms. The van der Waals surface area contributed by atoms with E-state index in [1.54, 1.807) is 27.1 Å². The summed E-state index contributed by atoms with van der Waals surface area (Å²) in [5, 5.41) is 3.55. The number of rotatable bonds is 8. The summed E-state index contributed by atoms with van der Waals surface area (Å²) in [6.45, 7) is 18.9. The van der Waals surface area contributed by atoms with Crippen LogP contribution in [-0.4, -0.2) is 8.80 Å². The van der Waals surface area contributed by atoms with Gasteiger partial charge in [0.2, 0.25) is 0 Å². The predicted molar refractivity (Wildman–Crippen MR) is 121 cm³/mol. The normalized spacial score (nSPS) is 16.5. The van der Waals surface area contributed by atoms with Crippen molar-refractivity contribution in [1.82, 2.24) is 0 Å². The Balaban J connectivity index is 2.56. The molecule has 0 fully saturated rings. The monoisotopic (exact) mass is 368 g/mol. The van der Waals surface area contributed by atoms with E-state index in [0.29, 0.717) is 5.92 Å². The highest BCUT2D eigenvalue weighted by atomic mass is 28.3. The molecule has 0 N–H and O–H groups in total. The third kappa shape index (κ3) is 4.08. The second kappa shape index (κ2) is 9.22. The van der Waals surface area contributed by atoms with Crippen molar-refractivity contribution in [3.05, 3.63) is 50.7 Å². The lowest BCUT2D eigenvalue weighted by atomic mass is 9.95. The molecule has 1 aromatic carbocycles. The predicted octanol–water partition coefficient (Wildman–Crippen LogP) is 6.69. The Hall–Kier alpha value is -1.08. The minimum Gasteiger partial charge on any atom is -0.0811 e. The van der Waals surface area contributed by atoms with E-state index in [4.69, 9.17) is 0 Å². The van der Waals surface area contributed by atoms with Gasteiger partial charge in [0, 0.05) is 0 Å². The Morgan fingerprint density at radius 1 is 0.846 bits per heavy atom. The van der Waals surface area contributed by atoms with Crippen molar-refractivity contribution in [3.63, 3.8) is 0 Å². The molecule has 0 saturated heterocycles. The first kappa shape index (κ1) is 21.2. The molecule has 0 amide bonds. The molecule has 144 valence electrons. The molecule has 2 atom stereocenters. The number of allylic oxidation sites excluding steroid dienone is 4. The molecule has 2 rings (SSSR count). The van der Waals surface area contributed by atoms with Crippen LogP contribution in [-0.2, 0) is 0 Å². The summed E-state index contributed by atoms with van der Waals surface area (Å²) in [4.78, 5) is 0. The molecule has 1 aliphatic rings. The number of hydrogen-bond donors (Lipinski definition) is 0. The van der Waals surface area contributed by atoms with Crippen molar-refractivity contribution in [2.45, 2.75) is 93.5 Å². The van der Waals surface area contributed by atoms with Crippen LogP contribution in [0.15, 0.2) is 22.9 Å². The molecule has 0 bridgehead atoms. The molecule has 0 nitrogen and oxygen atoms in total. The first-order chi connectivity index (χ1) is 12.3. The van der Waals surface area contributed by atoms with Crippen molar-refractivity contribution in [1.29, 1.82) is 0 Å². The minimum absolute atomic E-state index is 0.707. The first-order valence-electron chi connectivity index (χ1n) is 10.8. The maximum atomic E-state index is 2.59. The molecule has 0 saturated carbocycles. The van der Waals surface area contributed by atoms with Gasteiger partial charge in [-0.25, -0.2) is 0 Å². The molecule has 0 aromatic heterocycles. The Kier molecular flexibility index (Phi) is 7.52. The van der Waals surface area contributed by atoms with Gasteiger partial charge in [0.25, 0.3) is 0 Å². The topological polar surface area (TPSA) is 0 Å². The van der Waals surface area contributed by atoms with Gasteiger partial charge < -0.3 is 0 Å². The van der Waals surface area contributed by atoms with E-state index in [0.717, 1.165) is 6.42 Å². The summed E-state index contributed by atoms with van der Waals surface area (Å²) in [6.07, 6.45) is 11.6. The zero-order chi connectivity index (χ0) is 19.4. The Morgan fingerprint density at radius 3 is 1.96 bits per heavy atom. The lowest BCUT2D eigenvalue weighted by Gasteiger charge is -2.28. The van der Waals surface area contributed by atoms with Gasteiger partial charge in [-0.15, -0.1) is 0 Å². The molecule has 1 aliphatic carbocycles. The fourth-order valence-electron chi connectivity index (χ4n) is 4.70. The zero-order valence-electron chi connectivity index (χ0n) is 18.6. The van der Waals surface area contributed by atoms with E-state index < -0.39 is 8.80 Å². The Bertz CT molecular complexity index is 676. The van der Waals surface area contributed by atoms with Crippen LogP contribution in [0, 0.1) is 40.5 Å². The molecule has 2 unspecified atom stereocenters. The Labute approximate surface area is 164 Å². The molecule has 0 spiro atoms. The lowest BCUT2D eigenvalue weighted by molar-refractivity contribution is 0.668. The zero-order valence-corrected chi connectivity index (χ0v) is 19.7. The van der Waals surface area contributed by atoms with Crippen molar-refractivity contribution >= 4 is 14.0 Å². The highest BCUT2D eigenvalue weighted by molar-refractivity contribution is 6.81. The van der Waals surface area contributed by atoms with Crippen LogP contribution < -0.4 is 5.19 Å². The van der Waals surface area contributed by atoms with Gasteiger partial charge in [0.15, 0.2) is 0 Å². The SMILES string of the molecule is CCCCC[SiH](C1=CCC=C1C(C)CC)c1c(C)c(C)c(C)c(C)c1C. The molecule has 0 radical (unpaired) electrons. The van der Waals surface area contributed by atoms with E-state index in [2.05, 4.69) is 67.5 Å². The molecule has 1 heteroatoms. The third-order valence-corrected chi connectivity index (χ3v) is 10.9. The summed E-state index contributed by atoms with van der Waals surface area (Å²) in [6, 6.07) is 1.43. The van der Waals surface area contributed by atoms with Gasteiger partial charge in [-0.3, -0.25) is 0 Å². The highest BCUT2D eigenvalue weighted by Crippen LogP contribution is 2.33. The van der Waals surface area contributed by atoms with Crippen molar-refractivity contribution < 1.29 is 0 Å². The molecule has 0 aliphatic heterocycles. The minimum atomic E-state index is -1.17. The average Bonchev–Trinajstić information content (AvgIpc) is 3.12. The lowest BCUT2D eigenvalue weighted by Crippen LogP contribution is -2.38. The number of benzene rings is 1. The standard InChI is InChI=1S/C25H40Si/c1-9-11-12-16-26(24-15-13-14-23(24)17(3)10-2)25-21(7)19(5)18(4)20(6)22(25)8/h14-15,17,26H,9-13,16H2,1-8H3. The second-order valence-electron chi connectivity index (χ2n) is 8.45. The fourth-order valence-corrected chi connectivity index (χ4v) is 9.01. The van der Waals surface area contributed by atoms with Crippen LogP contribution >= 0.6 is 0 Å². The maximum Gasteiger partial charge on any atom is 0.103 e. The van der Waals surface area contributed by atoms with E-state index in [9.17, 15) is 0 Å². The quantitative estimate of drug-likeness (QED) is 0.354. The van der Waals surface area contributed by atoms with Crippen LogP contribution in [0.25, 0.3) is 0 Å². The van der Waals surface area contributed by atoms with Gasteiger partial charge in [0.1, 0.15) is 8.80 Å². The molecule has 0 heterocycles. The average molecular weight is 369 g/mol. The summed E-state index contributed by atoms with van der Waals surface area (Å²) in [7, 11) is -1.17. The van der Waals surface area contributed by atoms with Crippen LogP contribution in [0.3, 0.4) is 0 Å². The van der Waals surface area contributed by atoms with Crippen LogP contribution in [0.2, 0.25) is 6.04 Å². The molecule has 1 aromatic rings. The van der Waals surface area contributed by atoms with E-state index in [1.807, 2.05) is 0 Å². The Morgan fingerprint density at radius 2 is 1.42 bits per heavy atom.